The predicted molar refractivity (Wildman–Crippen MR) is 68.4 cm³/mol. The summed E-state index contributed by atoms with van der Waals surface area (Å²) in [6.45, 7) is 3.19. The van der Waals surface area contributed by atoms with Gasteiger partial charge in [-0.15, -0.1) is 0 Å². The molecule has 18 heavy (non-hydrogen) atoms. The molecule has 0 aliphatic rings. The van der Waals surface area contributed by atoms with Crippen LogP contribution in [0.15, 0.2) is 24.3 Å². The molecule has 0 saturated heterocycles. The number of benzene rings is 1. The number of para-hydroxylation sites is 2. The molecule has 5 heteroatoms. The van der Waals surface area contributed by atoms with Gasteiger partial charge in [0.25, 0.3) is 0 Å². The zero-order valence-electron chi connectivity index (χ0n) is 10.6. The van der Waals surface area contributed by atoms with Crippen LogP contribution in [0.5, 0.6) is 5.75 Å². The van der Waals surface area contributed by atoms with Crippen molar-refractivity contribution in [1.82, 2.24) is 0 Å². The average molecular weight is 253 g/mol. The van der Waals surface area contributed by atoms with Crippen LogP contribution in [0, 0.1) is 0 Å². The van der Waals surface area contributed by atoms with Gasteiger partial charge in [0.05, 0.1) is 12.3 Å². The van der Waals surface area contributed by atoms with Crippen molar-refractivity contribution in [3.8, 4) is 5.75 Å². The second-order valence-electron chi connectivity index (χ2n) is 3.66. The molecular formula is C13H19NO4. The third-order valence-corrected chi connectivity index (χ3v) is 2.10. The molecule has 0 aromatic heterocycles. The average Bonchev–Trinajstić information content (AvgIpc) is 2.37. The van der Waals surface area contributed by atoms with E-state index < -0.39 is 5.97 Å². The Morgan fingerprint density at radius 2 is 2.00 bits per heavy atom. The first kappa shape index (κ1) is 14.3. The highest BCUT2D eigenvalue weighted by atomic mass is 16.6. The van der Waals surface area contributed by atoms with E-state index >= 15 is 0 Å². The van der Waals surface area contributed by atoms with Gasteiger partial charge in [0.1, 0.15) is 12.4 Å². The van der Waals surface area contributed by atoms with Crippen molar-refractivity contribution in [3.05, 3.63) is 24.3 Å². The van der Waals surface area contributed by atoms with Crippen LogP contribution in [-0.4, -0.2) is 32.4 Å². The van der Waals surface area contributed by atoms with Crippen LogP contribution in [-0.2, 0) is 14.3 Å². The third kappa shape index (κ3) is 5.54. The van der Waals surface area contributed by atoms with Crippen molar-refractivity contribution in [2.24, 2.45) is 0 Å². The van der Waals surface area contributed by atoms with E-state index in [1.165, 1.54) is 0 Å². The van der Waals surface area contributed by atoms with Gasteiger partial charge in [0, 0.05) is 6.61 Å². The lowest BCUT2D eigenvalue weighted by Crippen LogP contribution is -2.18. The van der Waals surface area contributed by atoms with E-state index in [0.29, 0.717) is 24.7 Å². The molecule has 2 N–H and O–H groups in total. The van der Waals surface area contributed by atoms with E-state index in [1.54, 1.807) is 24.3 Å². The minimum atomic E-state index is -0.432. The van der Waals surface area contributed by atoms with Gasteiger partial charge in [-0.3, -0.25) is 0 Å². The number of carbonyl (C=O) groups excluding carboxylic acids is 1. The van der Waals surface area contributed by atoms with Gasteiger partial charge in [0.2, 0.25) is 0 Å². The Hall–Kier alpha value is -1.75. The molecule has 1 rings (SSSR count). The quantitative estimate of drug-likeness (QED) is 0.433. The van der Waals surface area contributed by atoms with Gasteiger partial charge in [-0.05, 0) is 18.6 Å². The Bertz CT molecular complexity index is 368. The molecule has 0 atom stereocenters. The second kappa shape index (κ2) is 8.36. The molecule has 0 aliphatic carbocycles. The molecule has 1 aromatic rings. The maximum atomic E-state index is 11.3. The molecule has 0 fully saturated rings. The van der Waals surface area contributed by atoms with Crippen molar-refractivity contribution in [3.63, 3.8) is 0 Å². The maximum Gasteiger partial charge on any atom is 0.344 e. The summed E-state index contributed by atoms with van der Waals surface area (Å²) < 4.78 is 15.3. The fourth-order valence-corrected chi connectivity index (χ4v) is 1.25. The van der Waals surface area contributed by atoms with Crippen molar-refractivity contribution in [2.45, 2.75) is 13.3 Å². The van der Waals surface area contributed by atoms with Crippen molar-refractivity contribution in [1.29, 1.82) is 0 Å². The zero-order valence-corrected chi connectivity index (χ0v) is 10.6. The molecule has 0 amide bonds. The highest BCUT2D eigenvalue weighted by Gasteiger charge is 2.05. The normalized spacial score (nSPS) is 10.1. The smallest absolute Gasteiger partial charge is 0.344 e. The first-order valence-electron chi connectivity index (χ1n) is 5.94. The van der Waals surface area contributed by atoms with Crippen LogP contribution in [0.25, 0.3) is 0 Å². The van der Waals surface area contributed by atoms with Gasteiger partial charge in [-0.2, -0.15) is 0 Å². The summed E-state index contributed by atoms with van der Waals surface area (Å²) in [7, 11) is 0. The fourth-order valence-electron chi connectivity index (χ4n) is 1.25. The van der Waals surface area contributed by atoms with Gasteiger partial charge in [-0.1, -0.05) is 19.1 Å². The Morgan fingerprint density at radius 3 is 2.72 bits per heavy atom. The summed E-state index contributed by atoms with van der Waals surface area (Å²) in [4.78, 5) is 11.3. The topological polar surface area (TPSA) is 70.8 Å². The Kier molecular flexibility index (Phi) is 6.64. The summed E-state index contributed by atoms with van der Waals surface area (Å²) in [6.07, 6.45) is 0.949. The number of nitrogens with two attached hydrogens (primary N) is 1. The highest BCUT2D eigenvalue weighted by molar-refractivity contribution is 5.71. The lowest BCUT2D eigenvalue weighted by Gasteiger charge is -2.08. The number of esters is 1. The Balaban J connectivity index is 2.15. The lowest BCUT2D eigenvalue weighted by molar-refractivity contribution is -0.147. The van der Waals surface area contributed by atoms with Gasteiger partial charge >= 0.3 is 5.97 Å². The number of carbonyl (C=O) groups is 1. The van der Waals surface area contributed by atoms with E-state index in [-0.39, 0.29) is 13.2 Å². The van der Waals surface area contributed by atoms with Crippen LogP contribution in [0.4, 0.5) is 5.69 Å². The van der Waals surface area contributed by atoms with Crippen LogP contribution in [0.3, 0.4) is 0 Å². The first-order chi connectivity index (χ1) is 8.74. The highest BCUT2D eigenvalue weighted by Crippen LogP contribution is 2.19. The second-order valence-corrected chi connectivity index (χ2v) is 3.66. The molecule has 100 valence electrons. The third-order valence-electron chi connectivity index (χ3n) is 2.10. The number of nitrogen functional groups attached to an aromatic ring is 1. The number of hydrogen-bond donors (Lipinski definition) is 1. The predicted octanol–water partition coefficient (Wildman–Crippen LogP) is 1.62. The zero-order chi connectivity index (χ0) is 13.2. The summed E-state index contributed by atoms with van der Waals surface area (Å²) in [5, 5.41) is 0. The molecule has 0 unspecified atom stereocenters. The van der Waals surface area contributed by atoms with Gasteiger partial charge < -0.3 is 19.9 Å². The number of hydrogen-bond acceptors (Lipinski definition) is 5. The fraction of sp³-hybridized carbons (Fsp3) is 0.462. The molecule has 0 saturated carbocycles. The molecule has 1 aromatic carbocycles. The summed E-state index contributed by atoms with van der Waals surface area (Å²) >= 11 is 0. The van der Waals surface area contributed by atoms with Crippen molar-refractivity contribution in [2.75, 3.05) is 32.2 Å². The molecular weight excluding hydrogens is 234 g/mol. The standard InChI is InChI=1S/C13H19NO4/c1-2-7-16-8-9-17-13(15)10-18-12-6-4-3-5-11(12)14/h3-6H,2,7-10,14H2,1H3. The number of rotatable bonds is 8. The molecule has 5 nitrogen and oxygen atoms in total. The Morgan fingerprint density at radius 1 is 1.22 bits per heavy atom. The summed E-state index contributed by atoms with van der Waals surface area (Å²) in [5.74, 6) is 0.0510. The first-order valence-corrected chi connectivity index (χ1v) is 5.94. The van der Waals surface area contributed by atoms with Crippen LogP contribution < -0.4 is 10.5 Å². The van der Waals surface area contributed by atoms with Crippen LogP contribution >= 0.6 is 0 Å². The molecule has 0 spiro atoms. The van der Waals surface area contributed by atoms with Crippen LogP contribution in [0.2, 0.25) is 0 Å². The molecule has 0 bridgehead atoms. The summed E-state index contributed by atoms with van der Waals surface area (Å²) in [6, 6.07) is 6.99. The van der Waals surface area contributed by atoms with Gasteiger partial charge in [-0.25, -0.2) is 4.79 Å². The van der Waals surface area contributed by atoms with E-state index in [9.17, 15) is 4.79 Å². The number of ether oxygens (including phenoxy) is 3. The SMILES string of the molecule is CCCOCCOC(=O)COc1ccccc1N. The van der Waals surface area contributed by atoms with Crippen molar-refractivity contribution >= 4 is 11.7 Å². The summed E-state index contributed by atoms with van der Waals surface area (Å²) in [5.41, 5.74) is 6.16. The largest absolute Gasteiger partial charge is 0.480 e. The maximum absolute atomic E-state index is 11.3. The monoisotopic (exact) mass is 253 g/mol. The molecule has 0 aliphatic heterocycles. The molecule has 0 heterocycles. The van der Waals surface area contributed by atoms with Gasteiger partial charge in [0.15, 0.2) is 6.61 Å². The lowest BCUT2D eigenvalue weighted by atomic mass is 10.3. The van der Waals surface area contributed by atoms with Crippen LogP contribution in [0.1, 0.15) is 13.3 Å². The van der Waals surface area contributed by atoms with E-state index in [1.807, 2.05) is 6.92 Å². The van der Waals surface area contributed by atoms with E-state index in [4.69, 9.17) is 19.9 Å². The minimum absolute atomic E-state index is 0.151. The van der Waals surface area contributed by atoms with E-state index in [0.717, 1.165) is 6.42 Å². The Labute approximate surface area is 107 Å². The van der Waals surface area contributed by atoms with E-state index in [2.05, 4.69) is 0 Å². The van der Waals surface area contributed by atoms with Crippen molar-refractivity contribution < 1.29 is 19.0 Å². The minimum Gasteiger partial charge on any atom is -0.480 e. The molecule has 0 radical (unpaired) electrons. The number of anilines is 1.